The average Bonchev–Trinajstić information content (AvgIpc) is 3.34. The van der Waals surface area contributed by atoms with Gasteiger partial charge in [0.15, 0.2) is 5.82 Å². The number of aliphatic hydroxyl groups excluding tert-OH is 1. The molecule has 3 aromatic carbocycles. The molecular formula is C31H34ClF2N5O4. The fourth-order valence-corrected chi connectivity index (χ4v) is 5.06. The van der Waals surface area contributed by atoms with E-state index in [2.05, 4.69) is 20.6 Å². The number of aromatic nitrogens is 2. The fraction of sp³-hybridized carbons (Fsp3) is 0.323. The molecule has 0 saturated heterocycles. The third kappa shape index (κ3) is 8.24. The molecule has 12 heteroatoms. The molecule has 1 aromatic heterocycles. The molecule has 228 valence electrons. The van der Waals surface area contributed by atoms with E-state index in [1.165, 1.54) is 30.4 Å². The third-order valence-corrected chi connectivity index (χ3v) is 7.08. The molecule has 1 heterocycles. The minimum Gasteiger partial charge on any atom is -0.494 e. The molecule has 9 nitrogen and oxygen atoms in total. The lowest BCUT2D eigenvalue weighted by Crippen LogP contribution is -2.21. The van der Waals surface area contributed by atoms with Gasteiger partial charge in [-0.1, -0.05) is 11.6 Å². The number of nitrogens with zero attached hydrogens (tertiary/aromatic N) is 3. The molecule has 1 unspecified atom stereocenters. The Morgan fingerprint density at radius 3 is 2.56 bits per heavy atom. The Hall–Kier alpha value is -4.15. The highest BCUT2D eigenvalue weighted by Gasteiger charge is 2.22. The molecule has 0 spiro atoms. The van der Waals surface area contributed by atoms with Gasteiger partial charge >= 0.3 is 6.15 Å². The maximum atomic E-state index is 14.7. The first-order chi connectivity index (χ1) is 20.5. The van der Waals surface area contributed by atoms with E-state index in [4.69, 9.17) is 25.9 Å². The number of carbonyl (C=O) groups excluding carboxylic acids is 2. The summed E-state index contributed by atoms with van der Waals surface area (Å²) in [5.74, 6) is -0.429. The zero-order chi connectivity index (χ0) is 31.7. The van der Waals surface area contributed by atoms with Crippen LogP contribution in [0.5, 0.6) is 5.75 Å². The topological polar surface area (TPSA) is 117 Å². The number of methoxy groups -OCH3 is 1. The van der Waals surface area contributed by atoms with E-state index in [1.807, 2.05) is 38.1 Å². The number of likely N-dealkylation sites (N-methyl/N-ethyl adjacent to an activating group) is 1. The van der Waals surface area contributed by atoms with Crippen molar-refractivity contribution in [1.29, 1.82) is 0 Å². The lowest BCUT2D eigenvalue weighted by atomic mass is 10.0. The number of rotatable bonds is 7. The van der Waals surface area contributed by atoms with Gasteiger partial charge in [0.1, 0.15) is 17.1 Å². The number of halogens is 3. The van der Waals surface area contributed by atoms with Gasteiger partial charge in [0.25, 0.3) is 0 Å². The number of aliphatic hydroxyl groups is 1. The van der Waals surface area contributed by atoms with Gasteiger partial charge in [0.05, 0.1) is 24.5 Å². The Morgan fingerprint density at radius 1 is 1.19 bits per heavy atom. The molecule has 0 radical (unpaired) electrons. The SMILES string of the molecule is CNc1ccc(F)c(-c2cc(OC)c3nc(NCCN(C)C)ncc3c2)c1F.Cc1cc(Cl)cc2c1CCC2O.O=C=O. The van der Waals surface area contributed by atoms with E-state index < -0.39 is 11.6 Å². The summed E-state index contributed by atoms with van der Waals surface area (Å²) < 4.78 is 34.6. The van der Waals surface area contributed by atoms with E-state index in [1.54, 1.807) is 25.4 Å². The van der Waals surface area contributed by atoms with Gasteiger partial charge in [-0.15, -0.1) is 0 Å². The Morgan fingerprint density at radius 2 is 1.91 bits per heavy atom. The van der Waals surface area contributed by atoms with E-state index in [0.717, 1.165) is 30.0 Å². The smallest absolute Gasteiger partial charge is 0.373 e. The van der Waals surface area contributed by atoms with Crippen LogP contribution in [0.4, 0.5) is 20.4 Å². The van der Waals surface area contributed by atoms with Crippen LogP contribution in [0.1, 0.15) is 29.2 Å². The predicted molar refractivity (Wildman–Crippen MR) is 163 cm³/mol. The lowest BCUT2D eigenvalue weighted by molar-refractivity contribution is -0.191. The van der Waals surface area contributed by atoms with Crippen molar-refractivity contribution in [3.05, 3.63) is 75.9 Å². The van der Waals surface area contributed by atoms with Crippen LogP contribution in [-0.4, -0.2) is 67.5 Å². The molecule has 3 N–H and O–H groups in total. The second-order valence-electron chi connectivity index (χ2n) is 10.0. The molecule has 43 heavy (non-hydrogen) atoms. The normalized spacial score (nSPS) is 13.3. The largest absolute Gasteiger partial charge is 0.494 e. The van der Waals surface area contributed by atoms with Gasteiger partial charge in [-0.25, -0.2) is 18.7 Å². The van der Waals surface area contributed by atoms with Gasteiger partial charge in [0, 0.05) is 36.7 Å². The van der Waals surface area contributed by atoms with Gasteiger partial charge in [0.2, 0.25) is 5.95 Å². The highest BCUT2D eigenvalue weighted by atomic mass is 35.5. The molecule has 1 aliphatic rings. The quantitative estimate of drug-likeness (QED) is 0.243. The Kier molecular flexibility index (Phi) is 11.9. The summed E-state index contributed by atoms with van der Waals surface area (Å²) in [5, 5.41) is 16.8. The van der Waals surface area contributed by atoms with Gasteiger partial charge in [-0.05, 0) is 92.5 Å². The first-order valence-corrected chi connectivity index (χ1v) is 13.8. The zero-order valence-electron chi connectivity index (χ0n) is 24.6. The van der Waals surface area contributed by atoms with Crippen LogP contribution in [0, 0.1) is 18.6 Å². The molecule has 1 atom stereocenters. The van der Waals surface area contributed by atoms with Crippen molar-refractivity contribution in [1.82, 2.24) is 14.9 Å². The minimum atomic E-state index is -0.660. The average molecular weight is 614 g/mol. The number of aryl methyl sites for hydroxylation is 1. The summed E-state index contributed by atoms with van der Waals surface area (Å²) in [7, 11) is 7.04. The monoisotopic (exact) mass is 613 g/mol. The van der Waals surface area contributed by atoms with Crippen molar-refractivity contribution < 1.29 is 28.2 Å². The van der Waals surface area contributed by atoms with E-state index in [0.29, 0.717) is 34.7 Å². The molecule has 0 fully saturated rings. The standard InChI is InChI=1S/C20H23F2N5O.C10H11ClO.CO2/c1-23-15-6-5-14(21)17(18(15)22)12-9-13-11-25-20(24-7-8-27(2)3)26-19(13)16(10-12)28-4;1-6-4-7(11)5-9-8(6)2-3-10(9)12;2-1-3/h5-6,9-11,23H,7-8H2,1-4H3,(H,24,25,26);4-5,10,12H,2-3H2,1H3;. The second-order valence-corrected chi connectivity index (χ2v) is 10.4. The molecule has 1 aliphatic carbocycles. The number of hydrogen-bond acceptors (Lipinski definition) is 9. The molecule has 0 saturated carbocycles. The number of anilines is 2. The molecule has 0 bridgehead atoms. The summed E-state index contributed by atoms with van der Waals surface area (Å²) in [6, 6.07) is 9.67. The van der Waals surface area contributed by atoms with Gasteiger partial charge in [-0.2, -0.15) is 9.59 Å². The van der Waals surface area contributed by atoms with Crippen LogP contribution in [0.3, 0.4) is 0 Å². The first-order valence-electron chi connectivity index (χ1n) is 13.4. The third-order valence-electron chi connectivity index (χ3n) is 6.86. The van der Waals surface area contributed by atoms with Gasteiger partial charge < -0.3 is 25.4 Å². The van der Waals surface area contributed by atoms with Crippen LogP contribution in [0.2, 0.25) is 5.02 Å². The molecule has 4 aromatic rings. The predicted octanol–water partition coefficient (Wildman–Crippen LogP) is 5.64. The van der Waals surface area contributed by atoms with E-state index >= 15 is 0 Å². The number of benzene rings is 3. The summed E-state index contributed by atoms with van der Waals surface area (Å²) in [4.78, 5) is 27.1. The zero-order valence-corrected chi connectivity index (χ0v) is 25.4. The molecular weight excluding hydrogens is 580 g/mol. The van der Waals surface area contributed by atoms with Crippen molar-refractivity contribution in [2.45, 2.75) is 25.9 Å². The summed E-state index contributed by atoms with van der Waals surface area (Å²) in [5.41, 5.74) is 4.53. The van der Waals surface area contributed by atoms with Crippen molar-refractivity contribution in [2.24, 2.45) is 0 Å². The fourth-order valence-electron chi connectivity index (χ4n) is 4.77. The van der Waals surface area contributed by atoms with E-state index in [9.17, 15) is 13.9 Å². The highest BCUT2D eigenvalue weighted by molar-refractivity contribution is 6.30. The number of fused-ring (bicyclic) bond motifs is 2. The summed E-state index contributed by atoms with van der Waals surface area (Å²) in [6.45, 7) is 3.56. The number of hydrogen-bond donors (Lipinski definition) is 3. The summed E-state index contributed by atoms with van der Waals surface area (Å²) in [6.07, 6.45) is 3.40. The van der Waals surface area contributed by atoms with Crippen molar-refractivity contribution in [3.8, 4) is 16.9 Å². The Labute approximate surface area is 253 Å². The van der Waals surface area contributed by atoms with Crippen LogP contribution < -0.4 is 15.4 Å². The first kappa shape index (κ1) is 33.4. The Bertz CT molecular complexity index is 1610. The van der Waals surface area contributed by atoms with Crippen LogP contribution >= 0.6 is 11.6 Å². The van der Waals surface area contributed by atoms with Crippen LogP contribution in [-0.2, 0) is 16.0 Å². The van der Waals surface area contributed by atoms with Crippen molar-refractivity contribution in [3.63, 3.8) is 0 Å². The number of ether oxygens (including phenoxy) is 1. The van der Waals surface area contributed by atoms with E-state index in [-0.39, 0.29) is 23.5 Å². The van der Waals surface area contributed by atoms with Crippen LogP contribution in [0.25, 0.3) is 22.0 Å². The maximum Gasteiger partial charge on any atom is 0.373 e. The molecule has 0 aliphatic heterocycles. The Balaban J connectivity index is 0.000000278. The van der Waals surface area contributed by atoms with Crippen LogP contribution in [0.15, 0.2) is 42.6 Å². The second kappa shape index (κ2) is 15.4. The maximum absolute atomic E-state index is 14.7. The number of nitrogens with one attached hydrogen (secondary N) is 2. The van der Waals surface area contributed by atoms with Crippen molar-refractivity contribution in [2.75, 3.05) is 52.0 Å². The van der Waals surface area contributed by atoms with Gasteiger partial charge in [-0.3, -0.25) is 0 Å². The lowest BCUT2D eigenvalue weighted by Gasteiger charge is -2.14. The molecule has 5 rings (SSSR count). The van der Waals surface area contributed by atoms with Crippen molar-refractivity contribution >= 4 is 40.3 Å². The minimum absolute atomic E-state index is 0.125. The molecule has 0 amide bonds. The summed E-state index contributed by atoms with van der Waals surface area (Å²) >= 11 is 5.88. The highest BCUT2D eigenvalue weighted by Crippen LogP contribution is 2.37.